The van der Waals surface area contributed by atoms with E-state index < -0.39 is 0 Å². The molecular weight excluding hydrogens is 228 g/mol. The molecule has 1 unspecified atom stereocenters. The molecular formula is C13H22N4O. The smallest absolute Gasteiger partial charge is 0.135 e. The number of nitrogens with two attached hydrogens (primary N) is 1. The van der Waals surface area contributed by atoms with Crippen LogP contribution in [0.25, 0.3) is 0 Å². The van der Waals surface area contributed by atoms with Crippen molar-refractivity contribution in [2.45, 2.75) is 45.6 Å². The van der Waals surface area contributed by atoms with Crippen LogP contribution in [0, 0.1) is 12.8 Å². The van der Waals surface area contributed by atoms with Gasteiger partial charge < -0.3 is 16.2 Å². The summed E-state index contributed by atoms with van der Waals surface area (Å²) >= 11 is 0. The fourth-order valence-corrected chi connectivity index (χ4v) is 1.83. The molecule has 1 aromatic rings. The van der Waals surface area contributed by atoms with E-state index in [-0.39, 0.29) is 12.0 Å². The molecule has 18 heavy (non-hydrogen) atoms. The standard InChI is InChI=1S/C13H22N4O/c1-7(2)12-16-11(14)8(3)13(17-12)15-6-10(18)9-4-5-9/h7,9-10,18H,4-6H2,1-3H3,(H3,14,15,16,17). The lowest BCUT2D eigenvalue weighted by Gasteiger charge is -2.15. The largest absolute Gasteiger partial charge is 0.391 e. The predicted molar refractivity (Wildman–Crippen MR) is 72.5 cm³/mol. The Balaban J connectivity index is 2.10. The second-order valence-corrected chi connectivity index (χ2v) is 5.38. The maximum Gasteiger partial charge on any atom is 0.135 e. The number of aliphatic hydroxyl groups is 1. The van der Waals surface area contributed by atoms with Gasteiger partial charge in [-0.15, -0.1) is 0 Å². The minimum absolute atomic E-state index is 0.238. The van der Waals surface area contributed by atoms with Gasteiger partial charge in [-0.1, -0.05) is 13.8 Å². The summed E-state index contributed by atoms with van der Waals surface area (Å²) in [6.45, 7) is 6.49. The molecule has 0 aromatic carbocycles. The van der Waals surface area contributed by atoms with Gasteiger partial charge in [0.25, 0.3) is 0 Å². The molecule has 2 rings (SSSR count). The summed E-state index contributed by atoms with van der Waals surface area (Å²) in [5.41, 5.74) is 6.73. The fourth-order valence-electron chi connectivity index (χ4n) is 1.83. The molecule has 0 aliphatic heterocycles. The van der Waals surface area contributed by atoms with Crippen molar-refractivity contribution in [2.75, 3.05) is 17.6 Å². The van der Waals surface area contributed by atoms with Crippen molar-refractivity contribution in [3.8, 4) is 0 Å². The molecule has 1 aliphatic carbocycles. The van der Waals surface area contributed by atoms with Gasteiger partial charge in [0.05, 0.1) is 6.10 Å². The van der Waals surface area contributed by atoms with Gasteiger partial charge in [-0.3, -0.25) is 0 Å². The topological polar surface area (TPSA) is 84.1 Å². The van der Waals surface area contributed by atoms with E-state index >= 15 is 0 Å². The minimum Gasteiger partial charge on any atom is -0.391 e. The quantitative estimate of drug-likeness (QED) is 0.740. The first-order valence-electron chi connectivity index (χ1n) is 6.55. The number of rotatable bonds is 5. The average Bonchev–Trinajstić information content (AvgIpc) is 3.14. The summed E-state index contributed by atoms with van der Waals surface area (Å²) in [6, 6.07) is 0. The van der Waals surface area contributed by atoms with Crippen molar-refractivity contribution < 1.29 is 5.11 Å². The highest BCUT2D eigenvalue weighted by atomic mass is 16.3. The van der Waals surface area contributed by atoms with Crippen LogP contribution >= 0.6 is 0 Å². The summed E-state index contributed by atoms with van der Waals surface area (Å²) in [5, 5.41) is 13.0. The summed E-state index contributed by atoms with van der Waals surface area (Å²) in [6.07, 6.45) is 1.97. The number of aliphatic hydroxyl groups excluding tert-OH is 1. The molecule has 100 valence electrons. The Morgan fingerprint density at radius 2 is 2.06 bits per heavy atom. The van der Waals surface area contributed by atoms with Crippen LogP contribution in [0.15, 0.2) is 0 Å². The summed E-state index contributed by atoms with van der Waals surface area (Å²) < 4.78 is 0. The van der Waals surface area contributed by atoms with Crippen LogP contribution in [-0.4, -0.2) is 27.7 Å². The minimum atomic E-state index is -0.289. The van der Waals surface area contributed by atoms with Crippen LogP contribution in [0.3, 0.4) is 0 Å². The van der Waals surface area contributed by atoms with E-state index in [9.17, 15) is 5.11 Å². The lowest BCUT2D eigenvalue weighted by Crippen LogP contribution is -2.23. The van der Waals surface area contributed by atoms with Crippen molar-refractivity contribution in [3.05, 3.63) is 11.4 Å². The van der Waals surface area contributed by atoms with Crippen LogP contribution in [0.4, 0.5) is 11.6 Å². The molecule has 0 bridgehead atoms. The highest BCUT2D eigenvalue weighted by molar-refractivity contribution is 5.55. The van der Waals surface area contributed by atoms with Crippen LogP contribution in [0.2, 0.25) is 0 Å². The fraction of sp³-hybridized carbons (Fsp3) is 0.692. The molecule has 0 spiro atoms. The molecule has 1 fully saturated rings. The van der Waals surface area contributed by atoms with Gasteiger partial charge in [0, 0.05) is 18.0 Å². The van der Waals surface area contributed by atoms with Crippen LogP contribution in [0.5, 0.6) is 0 Å². The van der Waals surface area contributed by atoms with E-state index in [0.29, 0.717) is 18.3 Å². The Morgan fingerprint density at radius 1 is 1.39 bits per heavy atom. The second-order valence-electron chi connectivity index (χ2n) is 5.38. The number of hydrogen-bond acceptors (Lipinski definition) is 5. The van der Waals surface area contributed by atoms with Gasteiger partial charge in [-0.2, -0.15) is 0 Å². The Bertz CT molecular complexity index is 429. The Labute approximate surface area is 108 Å². The monoisotopic (exact) mass is 250 g/mol. The molecule has 4 N–H and O–H groups in total. The number of nitrogens with one attached hydrogen (secondary N) is 1. The molecule has 5 heteroatoms. The lowest BCUT2D eigenvalue weighted by molar-refractivity contribution is 0.164. The van der Waals surface area contributed by atoms with Crippen molar-refractivity contribution in [3.63, 3.8) is 0 Å². The molecule has 1 aromatic heterocycles. The zero-order chi connectivity index (χ0) is 13.3. The normalized spacial score (nSPS) is 16.9. The first-order chi connectivity index (χ1) is 8.49. The van der Waals surface area contributed by atoms with Crippen LogP contribution in [-0.2, 0) is 0 Å². The summed E-state index contributed by atoms with van der Waals surface area (Å²) in [5.74, 6) is 2.69. The van der Waals surface area contributed by atoms with Crippen LogP contribution in [0.1, 0.15) is 44.0 Å². The third-order valence-electron chi connectivity index (χ3n) is 3.36. The van der Waals surface area contributed by atoms with Gasteiger partial charge in [0.15, 0.2) is 0 Å². The van der Waals surface area contributed by atoms with E-state index in [2.05, 4.69) is 15.3 Å². The first kappa shape index (κ1) is 13.1. The molecule has 0 amide bonds. The second kappa shape index (κ2) is 5.10. The number of hydrogen-bond donors (Lipinski definition) is 3. The Morgan fingerprint density at radius 3 is 2.61 bits per heavy atom. The highest BCUT2D eigenvalue weighted by Gasteiger charge is 2.29. The van der Waals surface area contributed by atoms with E-state index in [1.54, 1.807) is 0 Å². The van der Waals surface area contributed by atoms with Crippen molar-refractivity contribution in [1.29, 1.82) is 0 Å². The average molecular weight is 250 g/mol. The van der Waals surface area contributed by atoms with Crippen molar-refractivity contribution in [2.24, 2.45) is 5.92 Å². The Kier molecular flexibility index (Phi) is 3.71. The maximum atomic E-state index is 9.85. The Hall–Kier alpha value is -1.36. The zero-order valence-electron chi connectivity index (χ0n) is 11.3. The third-order valence-corrected chi connectivity index (χ3v) is 3.36. The SMILES string of the molecule is Cc1c(N)nc(C(C)C)nc1NCC(O)C1CC1. The van der Waals surface area contributed by atoms with E-state index in [1.807, 2.05) is 20.8 Å². The number of anilines is 2. The van der Waals surface area contributed by atoms with E-state index in [4.69, 9.17) is 5.73 Å². The van der Waals surface area contributed by atoms with E-state index in [0.717, 1.165) is 30.0 Å². The number of aromatic nitrogens is 2. The first-order valence-corrected chi connectivity index (χ1v) is 6.55. The van der Waals surface area contributed by atoms with Gasteiger partial charge in [-0.25, -0.2) is 9.97 Å². The van der Waals surface area contributed by atoms with E-state index in [1.165, 1.54) is 0 Å². The summed E-state index contributed by atoms with van der Waals surface area (Å²) in [4.78, 5) is 8.74. The molecule has 1 heterocycles. The zero-order valence-corrected chi connectivity index (χ0v) is 11.3. The van der Waals surface area contributed by atoms with Crippen molar-refractivity contribution in [1.82, 2.24) is 9.97 Å². The lowest BCUT2D eigenvalue weighted by atomic mass is 10.2. The predicted octanol–water partition coefficient (Wildman–Crippen LogP) is 1.67. The molecule has 1 aliphatic rings. The maximum absolute atomic E-state index is 9.85. The molecule has 0 radical (unpaired) electrons. The van der Waals surface area contributed by atoms with Crippen molar-refractivity contribution >= 4 is 11.6 Å². The molecule has 1 saturated carbocycles. The molecule has 0 saturated heterocycles. The highest BCUT2D eigenvalue weighted by Crippen LogP contribution is 2.32. The van der Waals surface area contributed by atoms with Crippen LogP contribution < -0.4 is 11.1 Å². The summed E-state index contributed by atoms with van der Waals surface area (Å²) in [7, 11) is 0. The third kappa shape index (κ3) is 2.90. The molecule has 5 nitrogen and oxygen atoms in total. The van der Waals surface area contributed by atoms with Gasteiger partial charge >= 0.3 is 0 Å². The number of nitrogens with zero attached hydrogens (tertiary/aromatic N) is 2. The molecule has 1 atom stereocenters. The number of nitrogen functional groups attached to an aromatic ring is 1. The van der Waals surface area contributed by atoms with Gasteiger partial charge in [-0.05, 0) is 25.7 Å². The van der Waals surface area contributed by atoms with Gasteiger partial charge in [0.2, 0.25) is 0 Å². The van der Waals surface area contributed by atoms with Gasteiger partial charge in [0.1, 0.15) is 17.5 Å².